The van der Waals surface area contributed by atoms with Crippen molar-refractivity contribution >= 4 is 50.7 Å². The molecule has 1 atom stereocenters. The number of nitrogens with zero attached hydrogens (tertiary/aromatic N) is 3. The minimum Gasteiger partial charge on any atom is -0.493 e. The number of anilines is 2. The predicted molar refractivity (Wildman–Crippen MR) is 128 cm³/mol. The van der Waals surface area contributed by atoms with Gasteiger partial charge in [-0.1, -0.05) is 15.9 Å². The third-order valence-electron chi connectivity index (χ3n) is 5.20. The number of halogens is 3. The number of β-amino-alcohol motifs (C(OH)–C–C–N with tert-alkyl or cyclic N) is 1. The number of rotatable bonds is 8. The maximum Gasteiger partial charge on any atom is 0.163 e. The van der Waals surface area contributed by atoms with Crippen LogP contribution in [0.5, 0.6) is 11.5 Å². The van der Waals surface area contributed by atoms with Crippen molar-refractivity contribution in [3.8, 4) is 11.5 Å². The van der Waals surface area contributed by atoms with Gasteiger partial charge in [-0.15, -0.1) is 12.4 Å². The van der Waals surface area contributed by atoms with Crippen molar-refractivity contribution in [2.45, 2.75) is 18.9 Å². The summed E-state index contributed by atoms with van der Waals surface area (Å²) in [6, 6.07) is 8.24. The molecule has 32 heavy (non-hydrogen) atoms. The maximum atomic E-state index is 14.3. The van der Waals surface area contributed by atoms with E-state index in [4.69, 9.17) is 9.47 Å². The Bertz CT molecular complexity index is 1070. The third-order valence-corrected chi connectivity index (χ3v) is 5.70. The molecule has 1 aliphatic heterocycles. The zero-order valence-corrected chi connectivity index (χ0v) is 20.0. The molecule has 0 spiro atoms. The molecule has 1 aromatic heterocycles. The van der Waals surface area contributed by atoms with Gasteiger partial charge in [0.2, 0.25) is 0 Å². The summed E-state index contributed by atoms with van der Waals surface area (Å²) in [7, 11) is 1.54. The number of methoxy groups -OCH3 is 1. The van der Waals surface area contributed by atoms with Crippen LogP contribution in [-0.2, 0) is 0 Å². The molecule has 0 bridgehead atoms. The third kappa shape index (κ3) is 5.78. The summed E-state index contributed by atoms with van der Waals surface area (Å²) in [5, 5.41) is 14.0. The number of hydrogen-bond acceptors (Lipinski definition) is 7. The van der Waals surface area contributed by atoms with E-state index in [1.807, 2.05) is 0 Å². The molecule has 0 amide bonds. The summed E-state index contributed by atoms with van der Waals surface area (Å²) in [6.07, 6.45) is 3.15. The number of fused-ring (bicyclic) bond motifs is 1. The molecule has 172 valence electrons. The highest BCUT2D eigenvalue weighted by molar-refractivity contribution is 9.10. The zero-order chi connectivity index (χ0) is 21.8. The van der Waals surface area contributed by atoms with Crippen molar-refractivity contribution in [2.24, 2.45) is 0 Å². The molecule has 3 aromatic rings. The Morgan fingerprint density at radius 2 is 1.97 bits per heavy atom. The van der Waals surface area contributed by atoms with Crippen molar-refractivity contribution < 1.29 is 19.0 Å². The minimum absolute atomic E-state index is 0. The molecule has 1 fully saturated rings. The first-order valence-corrected chi connectivity index (χ1v) is 10.9. The predicted octanol–water partition coefficient (Wildman–Crippen LogP) is 4.54. The standard InChI is InChI=1S/C22H24BrFN4O3.ClH/c1-30-20-9-16-19(10-21(20)31-12-15(29)11-28-6-2-3-7-28)25-13-26-22(16)27-18-5-4-14(23)8-17(18)24;/h4-5,8-10,13,15,29H,2-3,6-7,11-12H2,1H3,(H,25,26,27);1H. The van der Waals surface area contributed by atoms with Crippen molar-refractivity contribution in [3.63, 3.8) is 0 Å². The van der Waals surface area contributed by atoms with E-state index < -0.39 is 11.9 Å². The topological polar surface area (TPSA) is 79.7 Å². The van der Waals surface area contributed by atoms with Gasteiger partial charge in [-0.25, -0.2) is 14.4 Å². The van der Waals surface area contributed by atoms with Crippen molar-refractivity contribution in [2.75, 3.05) is 38.7 Å². The number of aliphatic hydroxyl groups excluding tert-OH is 1. The second-order valence-electron chi connectivity index (χ2n) is 7.46. The molecule has 2 N–H and O–H groups in total. The molecule has 4 rings (SSSR count). The summed E-state index contributed by atoms with van der Waals surface area (Å²) in [5.74, 6) is 1.01. The second kappa shape index (κ2) is 11.1. The number of benzene rings is 2. The van der Waals surface area contributed by atoms with Gasteiger partial charge >= 0.3 is 0 Å². The van der Waals surface area contributed by atoms with E-state index in [0.29, 0.717) is 44.9 Å². The van der Waals surface area contributed by atoms with Gasteiger partial charge in [0.15, 0.2) is 11.5 Å². The fourth-order valence-electron chi connectivity index (χ4n) is 3.66. The first-order valence-electron chi connectivity index (χ1n) is 10.1. The Hall–Kier alpha value is -2.20. The van der Waals surface area contributed by atoms with Crippen LogP contribution in [0, 0.1) is 5.82 Å². The van der Waals surface area contributed by atoms with Crippen LogP contribution in [0.4, 0.5) is 15.9 Å². The van der Waals surface area contributed by atoms with E-state index in [-0.39, 0.29) is 19.0 Å². The van der Waals surface area contributed by atoms with Crippen LogP contribution in [0.25, 0.3) is 10.9 Å². The lowest BCUT2D eigenvalue weighted by Crippen LogP contribution is -2.33. The molecule has 2 heterocycles. The van der Waals surface area contributed by atoms with Crippen molar-refractivity contribution in [3.05, 3.63) is 46.9 Å². The highest BCUT2D eigenvalue weighted by Crippen LogP contribution is 2.35. The van der Waals surface area contributed by atoms with Crippen LogP contribution in [0.3, 0.4) is 0 Å². The quantitative estimate of drug-likeness (QED) is 0.445. The first kappa shape index (κ1) is 24.4. The summed E-state index contributed by atoms with van der Waals surface area (Å²) in [5.41, 5.74) is 0.910. The van der Waals surface area contributed by atoms with E-state index in [9.17, 15) is 9.50 Å². The molecule has 1 unspecified atom stereocenters. The highest BCUT2D eigenvalue weighted by atomic mass is 79.9. The highest BCUT2D eigenvalue weighted by Gasteiger charge is 2.18. The van der Waals surface area contributed by atoms with Crippen LogP contribution >= 0.6 is 28.3 Å². The Morgan fingerprint density at radius 1 is 1.19 bits per heavy atom. The van der Waals surface area contributed by atoms with Gasteiger partial charge in [0, 0.05) is 22.5 Å². The van der Waals surface area contributed by atoms with Gasteiger partial charge in [-0.05, 0) is 50.2 Å². The molecular formula is C22H25BrClFN4O3. The largest absolute Gasteiger partial charge is 0.493 e. The smallest absolute Gasteiger partial charge is 0.163 e. The average molecular weight is 528 g/mol. The molecule has 7 nitrogen and oxygen atoms in total. The van der Waals surface area contributed by atoms with Crippen LogP contribution in [0.2, 0.25) is 0 Å². The summed E-state index contributed by atoms with van der Waals surface area (Å²) in [4.78, 5) is 10.8. The van der Waals surface area contributed by atoms with Gasteiger partial charge in [0.05, 0.1) is 18.3 Å². The maximum absolute atomic E-state index is 14.3. The number of hydrogen-bond donors (Lipinski definition) is 2. The van der Waals surface area contributed by atoms with Crippen LogP contribution in [-0.4, -0.2) is 59.4 Å². The number of nitrogens with one attached hydrogen (secondary N) is 1. The van der Waals surface area contributed by atoms with Crippen molar-refractivity contribution in [1.29, 1.82) is 0 Å². The average Bonchev–Trinajstić information content (AvgIpc) is 3.26. The van der Waals surface area contributed by atoms with Crippen LogP contribution in [0.1, 0.15) is 12.8 Å². The van der Waals surface area contributed by atoms with E-state index >= 15 is 0 Å². The molecular weight excluding hydrogens is 503 g/mol. The molecule has 1 saturated heterocycles. The Morgan fingerprint density at radius 3 is 2.69 bits per heavy atom. The number of likely N-dealkylation sites (tertiary alicyclic amines) is 1. The monoisotopic (exact) mass is 526 g/mol. The van der Waals surface area contributed by atoms with Gasteiger partial charge in [-0.2, -0.15) is 0 Å². The summed E-state index contributed by atoms with van der Waals surface area (Å²) in [6.45, 7) is 2.77. The Kier molecular flexibility index (Phi) is 8.47. The molecule has 2 aromatic carbocycles. The van der Waals surface area contributed by atoms with Gasteiger partial charge in [-0.3, -0.25) is 0 Å². The normalized spacial score (nSPS) is 14.8. The fourth-order valence-corrected chi connectivity index (χ4v) is 3.99. The van der Waals surface area contributed by atoms with Gasteiger partial charge in [0.1, 0.15) is 30.7 Å². The van der Waals surface area contributed by atoms with E-state index in [2.05, 4.69) is 36.1 Å². The molecule has 0 saturated carbocycles. The lowest BCUT2D eigenvalue weighted by Gasteiger charge is -2.20. The SMILES string of the molecule is COc1cc2c(Nc3ccc(Br)cc3F)ncnc2cc1OCC(O)CN1CCCC1.Cl. The summed E-state index contributed by atoms with van der Waals surface area (Å²) >= 11 is 3.25. The lowest BCUT2D eigenvalue weighted by atomic mass is 10.2. The zero-order valence-electron chi connectivity index (χ0n) is 17.6. The van der Waals surface area contributed by atoms with E-state index in [0.717, 1.165) is 13.1 Å². The number of ether oxygens (including phenoxy) is 2. The molecule has 0 aliphatic carbocycles. The summed E-state index contributed by atoms with van der Waals surface area (Å²) < 4.78 is 26.2. The Balaban J connectivity index is 0.00000289. The van der Waals surface area contributed by atoms with Gasteiger partial charge < -0.3 is 24.8 Å². The van der Waals surface area contributed by atoms with Crippen LogP contribution < -0.4 is 14.8 Å². The molecule has 0 radical (unpaired) electrons. The fraction of sp³-hybridized carbons (Fsp3) is 0.364. The second-order valence-corrected chi connectivity index (χ2v) is 8.38. The Labute approximate surface area is 200 Å². The van der Waals surface area contributed by atoms with E-state index in [1.54, 1.807) is 31.4 Å². The van der Waals surface area contributed by atoms with Crippen molar-refractivity contribution in [1.82, 2.24) is 14.9 Å². The number of aliphatic hydroxyl groups is 1. The molecule has 10 heteroatoms. The number of aromatic nitrogens is 2. The lowest BCUT2D eigenvalue weighted by molar-refractivity contribution is 0.0747. The molecule has 1 aliphatic rings. The van der Waals surface area contributed by atoms with Crippen LogP contribution in [0.15, 0.2) is 41.1 Å². The van der Waals surface area contributed by atoms with Gasteiger partial charge in [0.25, 0.3) is 0 Å². The first-order chi connectivity index (χ1) is 15.0. The van der Waals surface area contributed by atoms with E-state index in [1.165, 1.54) is 25.2 Å². The minimum atomic E-state index is -0.596.